The second kappa shape index (κ2) is 6.47. The molecule has 3 heteroatoms. The number of hydrogen-bond acceptors (Lipinski definition) is 2. The molecule has 1 aliphatic carbocycles. The van der Waals surface area contributed by atoms with Crippen molar-refractivity contribution in [2.45, 2.75) is 38.5 Å². The largest absolute Gasteiger partial charge is 0.497 e. The Balaban J connectivity index is 1.73. The van der Waals surface area contributed by atoms with E-state index >= 15 is 0 Å². The quantitative estimate of drug-likeness (QED) is 0.715. The topological polar surface area (TPSA) is 34.2 Å². The summed E-state index contributed by atoms with van der Waals surface area (Å²) in [6, 6.07) is 12.8. The van der Waals surface area contributed by atoms with Gasteiger partial charge >= 0.3 is 0 Å². The van der Waals surface area contributed by atoms with Crippen LogP contribution < -0.4 is 9.47 Å². The predicted molar refractivity (Wildman–Crippen MR) is 102 cm³/mol. The molecule has 3 nitrogen and oxygen atoms in total. The van der Waals surface area contributed by atoms with E-state index < -0.39 is 0 Å². The molecule has 2 aromatic carbocycles. The van der Waals surface area contributed by atoms with E-state index in [2.05, 4.69) is 36.2 Å². The van der Waals surface area contributed by atoms with E-state index in [9.17, 15) is 0 Å². The van der Waals surface area contributed by atoms with Crippen LogP contribution in [0.5, 0.6) is 11.5 Å². The van der Waals surface area contributed by atoms with Gasteiger partial charge in [0.25, 0.3) is 0 Å². The first-order chi connectivity index (χ1) is 12.2. The van der Waals surface area contributed by atoms with Crippen LogP contribution in [0.25, 0.3) is 10.9 Å². The van der Waals surface area contributed by atoms with Gasteiger partial charge < -0.3 is 14.5 Å². The number of benzene rings is 2. The van der Waals surface area contributed by atoms with Gasteiger partial charge in [0, 0.05) is 22.5 Å². The maximum atomic E-state index is 5.58. The molecule has 0 saturated carbocycles. The first-order valence-corrected chi connectivity index (χ1v) is 9.01. The minimum absolute atomic E-state index is 0.498. The summed E-state index contributed by atoms with van der Waals surface area (Å²) in [5, 5.41) is 1.40. The molecule has 1 N–H and O–H groups in total. The van der Waals surface area contributed by atoms with Crippen LogP contribution >= 0.6 is 0 Å². The third-order valence-corrected chi connectivity index (χ3v) is 5.44. The van der Waals surface area contributed by atoms with E-state index in [0.717, 1.165) is 17.9 Å². The van der Waals surface area contributed by atoms with Crippen LogP contribution in [0.4, 0.5) is 0 Å². The molecule has 0 spiro atoms. The highest BCUT2D eigenvalue weighted by Gasteiger charge is 2.25. The summed E-state index contributed by atoms with van der Waals surface area (Å²) < 4.78 is 11.0. The monoisotopic (exact) mass is 335 g/mol. The third-order valence-electron chi connectivity index (χ3n) is 5.44. The van der Waals surface area contributed by atoms with Crippen LogP contribution in [0, 0.1) is 6.92 Å². The number of aromatic amines is 1. The highest BCUT2D eigenvalue weighted by molar-refractivity contribution is 5.85. The molecule has 1 atom stereocenters. The highest BCUT2D eigenvalue weighted by atomic mass is 16.5. The van der Waals surface area contributed by atoms with Crippen LogP contribution in [0.2, 0.25) is 0 Å². The zero-order valence-corrected chi connectivity index (χ0v) is 15.2. The van der Waals surface area contributed by atoms with Crippen molar-refractivity contribution in [3.05, 3.63) is 58.8 Å². The number of H-pyrrole nitrogens is 1. The summed E-state index contributed by atoms with van der Waals surface area (Å²) >= 11 is 0. The van der Waals surface area contributed by atoms with Crippen molar-refractivity contribution in [3.63, 3.8) is 0 Å². The number of fused-ring (bicyclic) bond motifs is 3. The van der Waals surface area contributed by atoms with E-state index in [1.807, 2.05) is 12.1 Å². The number of hydrogen-bond donors (Lipinski definition) is 1. The van der Waals surface area contributed by atoms with E-state index in [0.29, 0.717) is 5.92 Å². The van der Waals surface area contributed by atoms with E-state index in [4.69, 9.17) is 9.47 Å². The smallest absolute Gasteiger partial charge is 0.122 e. The van der Waals surface area contributed by atoms with Crippen LogP contribution in [-0.4, -0.2) is 19.2 Å². The Labute approximate surface area is 149 Å². The van der Waals surface area contributed by atoms with Gasteiger partial charge in [0.2, 0.25) is 0 Å². The summed E-state index contributed by atoms with van der Waals surface area (Å²) in [7, 11) is 3.45. The normalized spacial score (nSPS) is 16.7. The maximum Gasteiger partial charge on any atom is 0.122 e. The summed E-state index contributed by atoms with van der Waals surface area (Å²) in [4.78, 5) is 3.71. The van der Waals surface area contributed by atoms with Crippen molar-refractivity contribution in [1.29, 1.82) is 0 Å². The van der Waals surface area contributed by atoms with Gasteiger partial charge in [-0.15, -0.1) is 0 Å². The van der Waals surface area contributed by atoms with E-state index in [-0.39, 0.29) is 0 Å². The van der Waals surface area contributed by atoms with E-state index in [1.54, 1.807) is 14.2 Å². The third kappa shape index (κ3) is 2.88. The van der Waals surface area contributed by atoms with Gasteiger partial charge in [-0.2, -0.15) is 0 Å². The van der Waals surface area contributed by atoms with Crippen molar-refractivity contribution in [2.75, 3.05) is 14.2 Å². The lowest BCUT2D eigenvalue weighted by Crippen LogP contribution is -2.12. The number of rotatable bonds is 4. The molecule has 0 fully saturated rings. The molecule has 1 aliphatic rings. The number of ether oxygens (including phenoxy) is 2. The van der Waals surface area contributed by atoms with Gasteiger partial charge in [-0.1, -0.05) is 11.6 Å². The Morgan fingerprint density at radius 2 is 1.96 bits per heavy atom. The average molecular weight is 335 g/mol. The molecule has 25 heavy (non-hydrogen) atoms. The second-order valence-electron chi connectivity index (χ2n) is 7.04. The molecule has 0 amide bonds. The Morgan fingerprint density at radius 3 is 2.76 bits per heavy atom. The summed E-state index contributed by atoms with van der Waals surface area (Å²) in [5.41, 5.74) is 6.73. The van der Waals surface area contributed by atoms with Gasteiger partial charge in [-0.25, -0.2) is 0 Å². The molecule has 0 radical (unpaired) electrons. The molecule has 1 heterocycles. The molecule has 0 bridgehead atoms. The standard InChI is InChI=1S/C22H25NO2/c1-14-7-9-20-19(11-14)18-6-4-5-15(22(18)23-20)12-16-13-17(24-2)8-10-21(16)25-3/h7-11,13,15,23H,4-6,12H2,1-3H3. The lowest BCUT2D eigenvalue weighted by atomic mass is 9.83. The zero-order valence-electron chi connectivity index (χ0n) is 15.2. The maximum absolute atomic E-state index is 5.58. The summed E-state index contributed by atoms with van der Waals surface area (Å²) in [6.45, 7) is 2.17. The Morgan fingerprint density at radius 1 is 1.08 bits per heavy atom. The van der Waals surface area contributed by atoms with Crippen LogP contribution in [0.3, 0.4) is 0 Å². The number of methoxy groups -OCH3 is 2. The first kappa shape index (κ1) is 16.1. The highest BCUT2D eigenvalue weighted by Crippen LogP contribution is 2.39. The molecule has 3 aromatic rings. The fraction of sp³-hybridized carbons (Fsp3) is 0.364. The number of aryl methyl sites for hydroxylation is 2. The van der Waals surface area contributed by atoms with Gasteiger partial charge in [0.05, 0.1) is 14.2 Å². The fourth-order valence-electron chi connectivity index (χ4n) is 4.18. The average Bonchev–Trinajstić information content (AvgIpc) is 3.00. The van der Waals surface area contributed by atoms with Gasteiger partial charge in [-0.05, 0) is 74.1 Å². The van der Waals surface area contributed by atoms with Crippen LogP contribution in [-0.2, 0) is 12.8 Å². The van der Waals surface area contributed by atoms with E-state index in [1.165, 1.54) is 52.5 Å². The Kier molecular flexibility index (Phi) is 4.16. The lowest BCUT2D eigenvalue weighted by Gasteiger charge is -2.24. The van der Waals surface area contributed by atoms with Crippen molar-refractivity contribution in [3.8, 4) is 11.5 Å². The van der Waals surface area contributed by atoms with Crippen molar-refractivity contribution < 1.29 is 9.47 Å². The fourth-order valence-corrected chi connectivity index (χ4v) is 4.18. The molecule has 0 saturated heterocycles. The minimum Gasteiger partial charge on any atom is -0.497 e. The molecule has 4 rings (SSSR count). The molecule has 1 unspecified atom stereocenters. The van der Waals surface area contributed by atoms with Crippen molar-refractivity contribution in [2.24, 2.45) is 0 Å². The molecule has 0 aliphatic heterocycles. The van der Waals surface area contributed by atoms with Crippen molar-refractivity contribution in [1.82, 2.24) is 4.98 Å². The number of aromatic nitrogens is 1. The summed E-state index contributed by atoms with van der Waals surface area (Å²) in [5.74, 6) is 2.33. The molecular weight excluding hydrogens is 310 g/mol. The van der Waals surface area contributed by atoms with Gasteiger partial charge in [0.15, 0.2) is 0 Å². The minimum atomic E-state index is 0.498. The predicted octanol–water partition coefficient (Wildman–Crippen LogP) is 5.16. The second-order valence-corrected chi connectivity index (χ2v) is 7.04. The van der Waals surface area contributed by atoms with Gasteiger partial charge in [-0.3, -0.25) is 0 Å². The number of nitrogens with one attached hydrogen (secondary N) is 1. The first-order valence-electron chi connectivity index (χ1n) is 9.01. The molecule has 130 valence electrons. The van der Waals surface area contributed by atoms with Crippen LogP contribution in [0.1, 0.15) is 41.1 Å². The SMILES string of the molecule is COc1ccc(OC)c(CC2CCCc3c2[nH]c2ccc(C)cc32)c1. The summed E-state index contributed by atoms with van der Waals surface area (Å²) in [6.07, 6.45) is 4.59. The lowest BCUT2D eigenvalue weighted by molar-refractivity contribution is 0.395. The zero-order chi connectivity index (χ0) is 17.4. The van der Waals surface area contributed by atoms with Gasteiger partial charge in [0.1, 0.15) is 11.5 Å². The van der Waals surface area contributed by atoms with Crippen LogP contribution in [0.15, 0.2) is 36.4 Å². The molecule has 1 aromatic heterocycles. The van der Waals surface area contributed by atoms with Crippen molar-refractivity contribution >= 4 is 10.9 Å². The molecular formula is C22H25NO2. The Hall–Kier alpha value is -2.42. The Bertz CT molecular complexity index is 910.